The zero-order valence-corrected chi connectivity index (χ0v) is 10.5. The molecule has 1 atom stereocenters. The van der Waals surface area contributed by atoms with Gasteiger partial charge < -0.3 is 16.2 Å². The molecule has 0 bridgehead atoms. The Morgan fingerprint density at radius 3 is 2.53 bits per heavy atom. The van der Waals surface area contributed by atoms with Crippen LogP contribution in [0.15, 0.2) is 29.2 Å². The summed E-state index contributed by atoms with van der Waals surface area (Å²) in [6.07, 6.45) is 0.337. The van der Waals surface area contributed by atoms with Crippen molar-refractivity contribution in [1.29, 1.82) is 5.41 Å². The Kier molecular flexibility index (Phi) is 5.18. The van der Waals surface area contributed by atoms with Crippen LogP contribution in [0.1, 0.15) is 12.5 Å². The number of thioether (sulfide) groups is 1. The van der Waals surface area contributed by atoms with Crippen LogP contribution in [0, 0.1) is 5.41 Å². The summed E-state index contributed by atoms with van der Waals surface area (Å²) in [6.45, 7) is 1.77. The molecule has 17 heavy (non-hydrogen) atoms. The maximum Gasteiger partial charge on any atom is 0.320 e. The third-order valence-electron chi connectivity index (χ3n) is 2.15. The molecule has 1 unspecified atom stereocenters. The highest BCUT2D eigenvalue weighted by Crippen LogP contribution is 2.18. The van der Waals surface area contributed by atoms with Gasteiger partial charge in [-0.25, -0.2) is 0 Å². The van der Waals surface area contributed by atoms with E-state index in [4.69, 9.17) is 16.2 Å². The van der Waals surface area contributed by atoms with Crippen LogP contribution in [0.5, 0.6) is 0 Å². The Bertz CT molecular complexity index is 403. The first-order valence-corrected chi connectivity index (χ1v) is 6.21. The second-order valence-corrected chi connectivity index (χ2v) is 4.91. The van der Waals surface area contributed by atoms with E-state index < -0.39 is 12.0 Å². The van der Waals surface area contributed by atoms with E-state index in [2.05, 4.69) is 0 Å². The van der Waals surface area contributed by atoms with E-state index in [1.165, 1.54) is 0 Å². The van der Waals surface area contributed by atoms with E-state index in [0.717, 1.165) is 10.5 Å². The molecular formula is C12H16N2O2S. The van der Waals surface area contributed by atoms with Crippen molar-refractivity contribution in [2.45, 2.75) is 24.3 Å². The summed E-state index contributed by atoms with van der Waals surface area (Å²) in [4.78, 5) is 11.7. The fourth-order valence-corrected chi connectivity index (χ4v) is 1.97. The Labute approximate surface area is 105 Å². The number of carboxylic acids is 1. The standard InChI is InChI=1S/C12H16N2O2S/c1-8(13)7-17-10-4-2-9(3-5-10)6-11(14)12(15)16/h2-5,11,13H,6-7,14H2,1H3,(H,15,16). The second-order valence-electron chi connectivity index (χ2n) is 3.86. The van der Waals surface area contributed by atoms with Gasteiger partial charge >= 0.3 is 5.97 Å². The SMILES string of the molecule is CC(=N)CSc1ccc(CC(N)C(=O)O)cc1. The van der Waals surface area contributed by atoms with Crippen LogP contribution in [-0.2, 0) is 11.2 Å². The molecule has 0 amide bonds. The van der Waals surface area contributed by atoms with Gasteiger partial charge in [0.25, 0.3) is 0 Å². The molecule has 0 spiro atoms. The van der Waals surface area contributed by atoms with Crippen molar-refractivity contribution < 1.29 is 9.90 Å². The van der Waals surface area contributed by atoms with Gasteiger partial charge in [-0.15, -0.1) is 11.8 Å². The summed E-state index contributed by atoms with van der Waals surface area (Å²) in [6, 6.07) is 6.77. The molecule has 0 aliphatic rings. The number of benzene rings is 1. The van der Waals surface area contributed by atoms with Crippen LogP contribution in [0.4, 0.5) is 0 Å². The lowest BCUT2D eigenvalue weighted by molar-refractivity contribution is -0.138. The van der Waals surface area contributed by atoms with Gasteiger partial charge in [-0.3, -0.25) is 4.79 Å². The highest BCUT2D eigenvalue weighted by atomic mass is 32.2. The molecule has 1 rings (SSSR count). The van der Waals surface area contributed by atoms with Crippen molar-refractivity contribution in [3.63, 3.8) is 0 Å². The lowest BCUT2D eigenvalue weighted by atomic mass is 10.1. The van der Waals surface area contributed by atoms with E-state index in [1.807, 2.05) is 24.3 Å². The van der Waals surface area contributed by atoms with Gasteiger partial charge in [-0.1, -0.05) is 12.1 Å². The van der Waals surface area contributed by atoms with Gasteiger partial charge in [-0.2, -0.15) is 0 Å². The Morgan fingerprint density at radius 2 is 2.06 bits per heavy atom. The molecule has 0 aliphatic carbocycles. The first-order chi connectivity index (χ1) is 7.99. The second kappa shape index (κ2) is 6.42. The van der Waals surface area contributed by atoms with Crippen molar-refractivity contribution >= 4 is 23.4 Å². The molecule has 4 nitrogen and oxygen atoms in total. The summed E-state index contributed by atoms with van der Waals surface area (Å²) in [5, 5.41) is 16.0. The van der Waals surface area contributed by atoms with E-state index in [9.17, 15) is 4.79 Å². The van der Waals surface area contributed by atoms with Gasteiger partial charge in [0.15, 0.2) is 0 Å². The summed E-state index contributed by atoms with van der Waals surface area (Å²) in [5.41, 5.74) is 7.00. The number of aliphatic carboxylic acids is 1. The van der Waals surface area contributed by atoms with Crippen LogP contribution >= 0.6 is 11.8 Å². The average Bonchev–Trinajstić information content (AvgIpc) is 2.28. The largest absolute Gasteiger partial charge is 0.480 e. The molecule has 0 radical (unpaired) electrons. The van der Waals surface area contributed by atoms with Gasteiger partial charge in [0.05, 0.1) is 0 Å². The number of nitrogens with one attached hydrogen (secondary N) is 1. The molecule has 0 aromatic heterocycles. The van der Waals surface area contributed by atoms with Crippen molar-refractivity contribution in [3.8, 4) is 0 Å². The number of carbonyl (C=O) groups is 1. The predicted octanol–water partition coefficient (Wildman–Crippen LogP) is 1.77. The minimum atomic E-state index is -0.983. The highest BCUT2D eigenvalue weighted by Gasteiger charge is 2.11. The Balaban J connectivity index is 2.55. The maximum atomic E-state index is 10.6. The lowest BCUT2D eigenvalue weighted by Crippen LogP contribution is -2.32. The monoisotopic (exact) mass is 252 g/mol. The molecular weight excluding hydrogens is 236 g/mol. The Hall–Kier alpha value is -1.33. The molecule has 0 aliphatic heterocycles. The summed E-state index contributed by atoms with van der Waals surface area (Å²) < 4.78 is 0. The molecule has 0 heterocycles. The van der Waals surface area contributed by atoms with Gasteiger partial charge in [0, 0.05) is 16.4 Å². The molecule has 1 aromatic rings. The van der Waals surface area contributed by atoms with Crippen molar-refractivity contribution in [1.82, 2.24) is 0 Å². The lowest BCUT2D eigenvalue weighted by Gasteiger charge is -2.07. The maximum absolute atomic E-state index is 10.6. The summed E-state index contributed by atoms with van der Waals surface area (Å²) in [5.74, 6) is -0.309. The topological polar surface area (TPSA) is 87.2 Å². The number of nitrogens with two attached hydrogens (primary N) is 1. The highest BCUT2D eigenvalue weighted by molar-refractivity contribution is 8.00. The number of hydrogen-bond donors (Lipinski definition) is 3. The van der Waals surface area contributed by atoms with E-state index in [1.54, 1.807) is 18.7 Å². The quantitative estimate of drug-likeness (QED) is 0.532. The van der Waals surface area contributed by atoms with Crippen LogP contribution in [0.3, 0.4) is 0 Å². The summed E-state index contributed by atoms with van der Waals surface area (Å²) >= 11 is 1.59. The molecule has 0 fully saturated rings. The molecule has 5 heteroatoms. The van der Waals surface area contributed by atoms with Crippen molar-refractivity contribution in [2.75, 3.05) is 5.75 Å². The number of rotatable bonds is 6. The van der Waals surface area contributed by atoms with Crippen molar-refractivity contribution in [2.24, 2.45) is 5.73 Å². The first-order valence-electron chi connectivity index (χ1n) is 5.23. The van der Waals surface area contributed by atoms with E-state index in [0.29, 0.717) is 17.9 Å². The fourth-order valence-electron chi connectivity index (χ4n) is 1.25. The van der Waals surface area contributed by atoms with Crippen LogP contribution in [0.25, 0.3) is 0 Å². The molecule has 1 aromatic carbocycles. The smallest absolute Gasteiger partial charge is 0.320 e. The van der Waals surface area contributed by atoms with Gasteiger partial charge in [0.1, 0.15) is 6.04 Å². The number of carboxylic acid groups (broad SMARTS) is 1. The van der Waals surface area contributed by atoms with Crippen molar-refractivity contribution in [3.05, 3.63) is 29.8 Å². The van der Waals surface area contributed by atoms with Crippen LogP contribution in [-0.4, -0.2) is 28.6 Å². The van der Waals surface area contributed by atoms with E-state index in [-0.39, 0.29) is 0 Å². The first kappa shape index (κ1) is 13.7. The molecule has 4 N–H and O–H groups in total. The molecule has 0 saturated heterocycles. The minimum absolute atomic E-state index is 0.337. The predicted molar refractivity (Wildman–Crippen MR) is 69.9 cm³/mol. The number of hydrogen-bond acceptors (Lipinski definition) is 4. The minimum Gasteiger partial charge on any atom is -0.480 e. The zero-order valence-electron chi connectivity index (χ0n) is 9.64. The Morgan fingerprint density at radius 1 is 1.47 bits per heavy atom. The molecule has 92 valence electrons. The zero-order chi connectivity index (χ0) is 12.8. The fraction of sp³-hybridized carbons (Fsp3) is 0.333. The third-order valence-corrected chi connectivity index (χ3v) is 3.33. The van der Waals surface area contributed by atoms with Gasteiger partial charge in [-0.05, 0) is 31.0 Å². The molecule has 0 saturated carbocycles. The van der Waals surface area contributed by atoms with Crippen LogP contribution in [0.2, 0.25) is 0 Å². The average molecular weight is 252 g/mol. The third kappa shape index (κ3) is 5.01. The normalized spacial score (nSPS) is 12.1. The van der Waals surface area contributed by atoms with E-state index >= 15 is 0 Å². The summed E-state index contributed by atoms with van der Waals surface area (Å²) in [7, 11) is 0. The van der Waals surface area contributed by atoms with Gasteiger partial charge in [0.2, 0.25) is 0 Å². The van der Waals surface area contributed by atoms with Crippen LogP contribution < -0.4 is 5.73 Å².